The lowest BCUT2D eigenvalue weighted by molar-refractivity contribution is -0.142. The summed E-state index contributed by atoms with van der Waals surface area (Å²) in [4.78, 5) is 10.9. The molecule has 0 rings (SSSR count). The van der Waals surface area contributed by atoms with Crippen molar-refractivity contribution in [1.29, 1.82) is 0 Å². The van der Waals surface area contributed by atoms with Crippen molar-refractivity contribution in [3.63, 3.8) is 0 Å². The van der Waals surface area contributed by atoms with Crippen LogP contribution in [0.1, 0.15) is 58.3 Å². The number of aliphatic hydroxyl groups is 2. The van der Waals surface area contributed by atoms with E-state index in [1.165, 1.54) is 7.11 Å². The number of rotatable bonds is 11. The molecular formula is C15H28O4. The van der Waals surface area contributed by atoms with Crippen molar-refractivity contribution in [3.05, 3.63) is 12.2 Å². The van der Waals surface area contributed by atoms with E-state index in [4.69, 9.17) is 0 Å². The molecule has 0 spiro atoms. The predicted octanol–water partition coefficient (Wildman–Crippen LogP) is 2.58. The molecule has 0 fully saturated rings. The van der Waals surface area contributed by atoms with Crippen LogP contribution in [0.2, 0.25) is 0 Å². The lowest BCUT2D eigenvalue weighted by Gasteiger charge is -2.07. The lowest BCUT2D eigenvalue weighted by atomic mass is 10.1. The third-order valence-corrected chi connectivity index (χ3v) is 2.99. The first-order chi connectivity index (χ1) is 9.10. The molecular weight excluding hydrogens is 244 g/mol. The Balaban J connectivity index is 3.45. The quantitative estimate of drug-likeness (QED) is 0.345. The number of carbonyl (C=O) groups excluding carboxylic acids is 1. The van der Waals surface area contributed by atoms with Gasteiger partial charge in [-0.2, -0.15) is 0 Å². The number of ether oxygens (including phenoxy) is 1. The molecule has 0 aromatic heterocycles. The third-order valence-electron chi connectivity index (χ3n) is 2.99. The minimum absolute atomic E-state index is 0.0728. The monoisotopic (exact) mass is 272 g/mol. The number of unbranched alkanes of at least 4 members (excludes halogenated alkanes) is 1. The van der Waals surface area contributed by atoms with Crippen LogP contribution in [-0.4, -0.2) is 35.5 Å². The normalized spacial score (nSPS) is 14.5. The van der Waals surface area contributed by atoms with Gasteiger partial charge in [-0.15, -0.1) is 0 Å². The summed E-state index contributed by atoms with van der Waals surface area (Å²) < 4.78 is 4.49. The zero-order chi connectivity index (χ0) is 14.5. The van der Waals surface area contributed by atoms with E-state index in [9.17, 15) is 15.0 Å². The molecule has 0 amide bonds. The molecule has 0 aliphatic heterocycles. The number of aliphatic hydroxyl groups excluding tert-OH is 2. The second-order valence-corrected chi connectivity index (χ2v) is 4.86. The molecule has 0 radical (unpaired) electrons. The molecule has 0 aliphatic carbocycles. The van der Waals surface area contributed by atoms with E-state index in [1.54, 1.807) is 0 Å². The van der Waals surface area contributed by atoms with Crippen LogP contribution in [-0.2, 0) is 9.53 Å². The minimum atomic E-state index is -0.604. The van der Waals surface area contributed by atoms with Crippen LogP contribution in [0.15, 0.2) is 12.2 Å². The van der Waals surface area contributed by atoms with Crippen LogP contribution in [0.4, 0.5) is 0 Å². The number of methoxy groups -OCH3 is 1. The zero-order valence-electron chi connectivity index (χ0n) is 12.2. The zero-order valence-corrected chi connectivity index (χ0v) is 12.2. The Morgan fingerprint density at radius 1 is 1.11 bits per heavy atom. The van der Waals surface area contributed by atoms with E-state index in [2.05, 4.69) is 23.8 Å². The fraction of sp³-hybridized carbons (Fsp3) is 0.800. The van der Waals surface area contributed by atoms with Crippen LogP contribution in [0, 0.1) is 0 Å². The van der Waals surface area contributed by atoms with Gasteiger partial charge in [0.05, 0.1) is 25.7 Å². The van der Waals surface area contributed by atoms with Crippen LogP contribution in [0.3, 0.4) is 0 Å². The van der Waals surface area contributed by atoms with E-state index in [0.717, 1.165) is 38.5 Å². The van der Waals surface area contributed by atoms with Crippen molar-refractivity contribution in [1.82, 2.24) is 0 Å². The summed E-state index contributed by atoms with van der Waals surface area (Å²) in [5.41, 5.74) is 0. The Bertz CT molecular complexity index is 251. The van der Waals surface area contributed by atoms with Gasteiger partial charge in [0, 0.05) is 0 Å². The standard InChI is InChI=1S/C15H28O4/c1-3-9-13(16)10-7-5-4-6-8-11-14(17)12-15(18)19-2/h4-5,13-14,16-17H,3,6-12H2,1-2H3/b5-4-. The van der Waals surface area contributed by atoms with Gasteiger partial charge in [0.25, 0.3) is 0 Å². The van der Waals surface area contributed by atoms with Gasteiger partial charge in [0.2, 0.25) is 0 Å². The molecule has 0 saturated carbocycles. The number of allylic oxidation sites excluding steroid dienone is 2. The van der Waals surface area contributed by atoms with Crippen molar-refractivity contribution < 1.29 is 19.7 Å². The Labute approximate surface area is 116 Å². The van der Waals surface area contributed by atoms with Gasteiger partial charge >= 0.3 is 5.97 Å². The molecule has 4 heteroatoms. The molecule has 0 saturated heterocycles. The van der Waals surface area contributed by atoms with Gasteiger partial charge in [-0.05, 0) is 38.5 Å². The highest BCUT2D eigenvalue weighted by Gasteiger charge is 2.09. The number of carbonyl (C=O) groups is 1. The maximum Gasteiger partial charge on any atom is 0.308 e. The Hall–Kier alpha value is -0.870. The van der Waals surface area contributed by atoms with Gasteiger partial charge in [0.1, 0.15) is 0 Å². The molecule has 112 valence electrons. The maximum atomic E-state index is 10.9. The molecule has 19 heavy (non-hydrogen) atoms. The van der Waals surface area contributed by atoms with Crippen molar-refractivity contribution in [2.45, 2.75) is 70.5 Å². The van der Waals surface area contributed by atoms with E-state index in [-0.39, 0.29) is 18.5 Å². The fourth-order valence-corrected chi connectivity index (χ4v) is 1.85. The first kappa shape index (κ1) is 18.1. The smallest absolute Gasteiger partial charge is 0.308 e. The summed E-state index contributed by atoms with van der Waals surface area (Å²) >= 11 is 0. The van der Waals surface area contributed by atoms with Gasteiger partial charge in [-0.25, -0.2) is 0 Å². The summed E-state index contributed by atoms with van der Waals surface area (Å²) in [5.74, 6) is -0.368. The lowest BCUT2D eigenvalue weighted by Crippen LogP contribution is -2.14. The summed E-state index contributed by atoms with van der Waals surface area (Å²) in [5, 5.41) is 19.0. The summed E-state index contributed by atoms with van der Waals surface area (Å²) in [6, 6.07) is 0. The molecule has 4 nitrogen and oxygen atoms in total. The van der Waals surface area contributed by atoms with Crippen molar-refractivity contribution in [3.8, 4) is 0 Å². The highest BCUT2D eigenvalue weighted by Crippen LogP contribution is 2.08. The third kappa shape index (κ3) is 11.9. The second kappa shape index (κ2) is 12.2. The van der Waals surface area contributed by atoms with Crippen LogP contribution >= 0.6 is 0 Å². The SMILES string of the molecule is CCCC(O)CC/C=C\CCCC(O)CC(=O)OC. The number of esters is 1. The molecule has 0 bridgehead atoms. The van der Waals surface area contributed by atoms with Crippen LogP contribution < -0.4 is 0 Å². The van der Waals surface area contributed by atoms with Gasteiger partial charge in [-0.1, -0.05) is 25.5 Å². The highest BCUT2D eigenvalue weighted by atomic mass is 16.5. The highest BCUT2D eigenvalue weighted by molar-refractivity contribution is 5.69. The minimum Gasteiger partial charge on any atom is -0.469 e. The van der Waals surface area contributed by atoms with E-state index in [0.29, 0.717) is 6.42 Å². The second-order valence-electron chi connectivity index (χ2n) is 4.86. The fourth-order valence-electron chi connectivity index (χ4n) is 1.85. The molecule has 0 aromatic carbocycles. The summed E-state index contributed by atoms with van der Waals surface area (Å²) in [7, 11) is 1.32. The van der Waals surface area contributed by atoms with Gasteiger partial charge < -0.3 is 14.9 Å². The molecule has 2 unspecified atom stereocenters. The number of hydrogen-bond acceptors (Lipinski definition) is 4. The largest absolute Gasteiger partial charge is 0.469 e. The first-order valence-corrected chi connectivity index (χ1v) is 7.18. The van der Waals surface area contributed by atoms with Crippen molar-refractivity contribution in [2.24, 2.45) is 0 Å². The molecule has 2 atom stereocenters. The van der Waals surface area contributed by atoms with E-state index >= 15 is 0 Å². The number of hydrogen-bond donors (Lipinski definition) is 2. The van der Waals surface area contributed by atoms with Crippen LogP contribution in [0.5, 0.6) is 0 Å². The van der Waals surface area contributed by atoms with E-state index in [1.807, 2.05) is 0 Å². The topological polar surface area (TPSA) is 66.8 Å². The predicted molar refractivity (Wildman–Crippen MR) is 75.8 cm³/mol. The molecule has 0 aliphatic rings. The van der Waals surface area contributed by atoms with Gasteiger partial charge in [0.15, 0.2) is 0 Å². The average Bonchev–Trinajstić information content (AvgIpc) is 2.37. The molecule has 0 heterocycles. The van der Waals surface area contributed by atoms with Crippen LogP contribution in [0.25, 0.3) is 0 Å². The van der Waals surface area contributed by atoms with E-state index < -0.39 is 6.10 Å². The summed E-state index contributed by atoms with van der Waals surface area (Å²) in [6.45, 7) is 2.07. The summed E-state index contributed by atoms with van der Waals surface area (Å²) in [6.07, 6.45) is 9.38. The molecule has 0 aromatic rings. The maximum absolute atomic E-state index is 10.9. The Kier molecular flexibility index (Phi) is 11.6. The van der Waals surface area contributed by atoms with Crippen molar-refractivity contribution >= 4 is 5.97 Å². The first-order valence-electron chi connectivity index (χ1n) is 7.18. The Morgan fingerprint density at radius 3 is 2.42 bits per heavy atom. The van der Waals surface area contributed by atoms with Gasteiger partial charge in [-0.3, -0.25) is 4.79 Å². The Morgan fingerprint density at radius 2 is 1.79 bits per heavy atom. The molecule has 2 N–H and O–H groups in total. The van der Waals surface area contributed by atoms with Crippen molar-refractivity contribution in [2.75, 3.05) is 7.11 Å². The average molecular weight is 272 g/mol.